The third kappa shape index (κ3) is 5.52. The Morgan fingerprint density at radius 1 is 1.13 bits per heavy atom. The number of carbonyl (C=O) groups is 1. The molecule has 3 aromatic heterocycles. The Labute approximate surface area is 227 Å². The number of nitrogens with zero attached hydrogens (tertiary/aromatic N) is 4. The van der Waals surface area contributed by atoms with Gasteiger partial charge in [-0.25, -0.2) is 9.97 Å². The Kier molecular flexibility index (Phi) is 7.40. The molecular weight excluding hydrogens is 490 g/mol. The zero-order chi connectivity index (χ0) is 27.5. The Hall–Kier alpha value is -4.53. The molecule has 4 aromatic rings. The van der Waals surface area contributed by atoms with Crippen LogP contribution in [0.3, 0.4) is 0 Å². The first-order valence-electron chi connectivity index (χ1n) is 13.1. The van der Waals surface area contributed by atoms with E-state index in [2.05, 4.69) is 57.6 Å². The van der Waals surface area contributed by atoms with Crippen molar-refractivity contribution in [3.05, 3.63) is 111 Å². The zero-order valence-electron chi connectivity index (χ0n) is 22.4. The lowest BCUT2D eigenvalue weighted by Gasteiger charge is -2.21. The van der Waals surface area contributed by atoms with E-state index in [0.29, 0.717) is 31.7 Å². The number of fused-ring (bicyclic) bond motifs is 1. The summed E-state index contributed by atoms with van der Waals surface area (Å²) in [7, 11) is 0. The highest BCUT2D eigenvalue weighted by atomic mass is 16.2. The maximum atomic E-state index is 13.6. The second-order valence-electron chi connectivity index (χ2n) is 10.1. The van der Waals surface area contributed by atoms with Crippen LogP contribution >= 0.6 is 0 Å². The van der Waals surface area contributed by atoms with E-state index in [-0.39, 0.29) is 23.2 Å². The number of hydrogen-bond acceptors (Lipinski definition) is 7. The van der Waals surface area contributed by atoms with Crippen LogP contribution in [0, 0.1) is 20.8 Å². The normalized spacial score (nSPS) is 15.0. The van der Waals surface area contributed by atoms with Crippen molar-refractivity contribution in [3.8, 4) is 0 Å². The first kappa shape index (κ1) is 26.1. The Morgan fingerprint density at radius 2 is 1.97 bits per heavy atom. The number of nitrogen functional groups attached to an aromatic ring is 1. The molecule has 0 radical (unpaired) electrons. The lowest BCUT2D eigenvalue weighted by molar-refractivity contribution is -0.124. The topological polar surface area (TPSA) is 128 Å². The number of benzene rings is 1. The highest BCUT2D eigenvalue weighted by molar-refractivity contribution is 5.81. The lowest BCUT2D eigenvalue weighted by atomic mass is 9.90. The second-order valence-corrected chi connectivity index (χ2v) is 10.1. The van der Waals surface area contributed by atoms with E-state index in [4.69, 9.17) is 5.73 Å². The number of nitrogens with one attached hydrogen (secondary N) is 2. The van der Waals surface area contributed by atoms with Gasteiger partial charge in [-0.15, -0.1) is 0 Å². The standard InChI is InChI=1S/C30H33N7O2/c1-18-7-10-23(19(2)14-18)24(25-6-4-5-13-32-25)17-34-28-30(39)37-22(16-33-28)9-11-26(37)29(38)35-15-21-8-12-27(31)36-20(21)3/h4-8,10,12-14,16,24,26H,9,11,15,17H2,1-3H3,(H2,31,36)(H,33,34)(H,35,38)/t24-,26-/m0/s1. The van der Waals surface area contributed by atoms with Gasteiger partial charge in [-0.05, 0) is 68.5 Å². The molecule has 0 spiro atoms. The Bertz CT molecular complexity index is 1570. The molecule has 1 aliphatic heterocycles. The summed E-state index contributed by atoms with van der Waals surface area (Å²) < 4.78 is 1.58. The molecule has 39 heavy (non-hydrogen) atoms. The predicted octanol–water partition coefficient (Wildman–Crippen LogP) is 3.59. The van der Waals surface area contributed by atoms with Gasteiger partial charge >= 0.3 is 0 Å². The molecular formula is C30H33N7O2. The summed E-state index contributed by atoms with van der Waals surface area (Å²) in [5.74, 6) is 0.380. The van der Waals surface area contributed by atoms with Gasteiger partial charge in [0, 0.05) is 48.5 Å². The van der Waals surface area contributed by atoms with E-state index in [1.807, 2.05) is 31.2 Å². The van der Waals surface area contributed by atoms with Gasteiger partial charge in [0.05, 0.1) is 0 Å². The zero-order valence-corrected chi connectivity index (χ0v) is 22.4. The smallest absolute Gasteiger partial charge is 0.294 e. The highest BCUT2D eigenvalue weighted by Crippen LogP contribution is 2.28. The van der Waals surface area contributed by atoms with Crippen molar-refractivity contribution in [2.24, 2.45) is 0 Å². The van der Waals surface area contributed by atoms with Crippen LogP contribution in [0.4, 0.5) is 11.6 Å². The first-order chi connectivity index (χ1) is 18.8. The molecule has 1 aliphatic rings. The summed E-state index contributed by atoms with van der Waals surface area (Å²) in [6.07, 6.45) is 4.63. The average Bonchev–Trinajstić information content (AvgIpc) is 3.36. The van der Waals surface area contributed by atoms with Gasteiger partial charge in [0.25, 0.3) is 5.56 Å². The van der Waals surface area contributed by atoms with Crippen LogP contribution in [0.2, 0.25) is 0 Å². The Morgan fingerprint density at radius 3 is 2.72 bits per heavy atom. The number of aryl methyl sites for hydroxylation is 4. The van der Waals surface area contributed by atoms with Crippen LogP contribution in [-0.4, -0.2) is 32.0 Å². The van der Waals surface area contributed by atoms with Gasteiger partial charge in [-0.1, -0.05) is 35.9 Å². The highest BCUT2D eigenvalue weighted by Gasteiger charge is 2.31. The van der Waals surface area contributed by atoms with Crippen molar-refractivity contribution in [1.29, 1.82) is 0 Å². The van der Waals surface area contributed by atoms with E-state index in [9.17, 15) is 9.59 Å². The molecule has 0 aliphatic carbocycles. The molecule has 2 atom stereocenters. The van der Waals surface area contributed by atoms with Gasteiger partial charge in [0.15, 0.2) is 5.82 Å². The van der Waals surface area contributed by atoms with Crippen LogP contribution in [0.5, 0.6) is 0 Å². The fourth-order valence-electron chi connectivity index (χ4n) is 5.28. The number of hydrogen-bond donors (Lipinski definition) is 3. The number of pyridine rings is 2. The number of anilines is 2. The number of rotatable bonds is 8. The van der Waals surface area contributed by atoms with E-state index < -0.39 is 6.04 Å². The Balaban J connectivity index is 1.36. The van der Waals surface area contributed by atoms with Crippen LogP contribution in [-0.2, 0) is 17.8 Å². The second kappa shape index (κ2) is 11.1. The van der Waals surface area contributed by atoms with E-state index >= 15 is 0 Å². The summed E-state index contributed by atoms with van der Waals surface area (Å²) in [5.41, 5.74) is 12.2. The predicted molar refractivity (Wildman–Crippen MR) is 152 cm³/mol. The summed E-state index contributed by atoms with van der Waals surface area (Å²) >= 11 is 0. The molecule has 9 nitrogen and oxygen atoms in total. The van der Waals surface area contributed by atoms with E-state index in [1.54, 1.807) is 23.0 Å². The van der Waals surface area contributed by atoms with Crippen molar-refractivity contribution in [2.75, 3.05) is 17.6 Å². The van der Waals surface area contributed by atoms with Crippen molar-refractivity contribution in [3.63, 3.8) is 0 Å². The minimum atomic E-state index is -0.593. The largest absolute Gasteiger partial charge is 0.384 e. The third-order valence-electron chi connectivity index (χ3n) is 7.35. The van der Waals surface area contributed by atoms with Crippen molar-refractivity contribution >= 4 is 17.5 Å². The minimum Gasteiger partial charge on any atom is -0.384 e. The van der Waals surface area contributed by atoms with E-state index in [0.717, 1.165) is 33.8 Å². The molecule has 0 unspecified atom stereocenters. The van der Waals surface area contributed by atoms with Gasteiger partial charge in [-0.3, -0.25) is 19.1 Å². The maximum Gasteiger partial charge on any atom is 0.294 e. The summed E-state index contributed by atoms with van der Waals surface area (Å²) in [5, 5.41) is 6.24. The van der Waals surface area contributed by atoms with Crippen LogP contribution in [0.25, 0.3) is 0 Å². The maximum absolute atomic E-state index is 13.6. The third-order valence-corrected chi connectivity index (χ3v) is 7.35. The molecule has 9 heteroatoms. The number of carbonyl (C=O) groups excluding carboxylic acids is 1. The first-order valence-corrected chi connectivity index (χ1v) is 13.1. The molecule has 1 amide bonds. The monoisotopic (exact) mass is 523 g/mol. The van der Waals surface area contributed by atoms with Crippen molar-refractivity contribution in [2.45, 2.75) is 52.1 Å². The summed E-state index contributed by atoms with van der Waals surface area (Å²) in [4.78, 5) is 40.0. The molecule has 0 saturated heterocycles. The van der Waals surface area contributed by atoms with Gasteiger partial charge in [0.2, 0.25) is 5.91 Å². The number of amides is 1. The number of aromatic nitrogens is 4. The molecule has 0 bridgehead atoms. The van der Waals surface area contributed by atoms with Gasteiger partial charge in [-0.2, -0.15) is 0 Å². The number of nitrogens with two attached hydrogens (primary N) is 1. The minimum absolute atomic E-state index is 0.0814. The van der Waals surface area contributed by atoms with E-state index in [1.165, 1.54) is 5.56 Å². The van der Waals surface area contributed by atoms with Crippen LogP contribution in [0.1, 0.15) is 57.7 Å². The fourth-order valence-corrected chi connectivity index (χ4v) is 5.28. The van der Waals surface area contributed by atoms with Crippen LogP contribution in [0.15, 0.2) is 65.7 Å². The molecule has 4 N–H and O–H groups in total. The average molecular weight is 524 g/mol. The lowest BCUT2D eigenvalue weighted by Crippen LogP contribution is -2.36. The quantitative estimate of drug-likeness (QED) is 0.322. The molecule has 0 fully saturated rings. The molecule has 1 aromatic carbocycles. The van der Waals surface area contributed by atoms with Gasteiger partial charge in [0.1, 0.15) is 11.9 Å². The molecule has 5 rings (SSSR count). The summed E-state index contributed by atoms with van der Waals surface area (Å²) in [6.45, 7) is 6.76. The summed E-state index contributed by atoms with van der Waals surface area (Å²) in [6, 6.07) is 15.2. The van der Waals surface area contributed by atoms with Crippen molar-refractivity contribution < 1.29 is 4.79 Å². The fraction of sp³-hybridized carbons (Fsp3) is 0.300. The van der Waals surface area contributed by atoms with Gasteiger partial charge < -0.3 is 16.4 Å². The molecule has 200 valence electrons. The van der Waals surface area contributed by atoms with Crippen molar-refractivity contribution in [1.82, 2.24) is 24.8 Å². The molecule has 0 saturated carbocycles. The molecule has 4 heterocycles. The SMILES string of the molecule is Cc1ccc([C@H](CNc2ncc3n(c2=O)[C@H](C(=O)NCc2ccc(N)nc2C)CC3)c2ccccn2)c(C)c1. The van der Waals surface area contributed by atoms with Crippen LogP contribution < -0.4 is 21.9 Å².